The summed E-state index contributed by atoms with van der Waals surface area (Å²) in [6.45, 7) is 5.26. The number of hydrogen-bond donors (Lipinski definition) is 0. The molecule has 0 radical (unpaired) electrons. The number of benzene rings is 1. The Balaban J connectivity index is 1.93. The SMILES string of the molecule is CC(C)Cc1nc(CN(C)Cc2ccccc2F)no1. The Hall–Kier alpha value is -1.75. The van der Waals surface area contributed by atoms with Crippen molar-refractivity contribution in [1.29, 1.82) is 0 Å². The van der Waals surface area contributed by atoms with Crippen molar-refractivity contribution in [2.75, 3.05) is 7.05 Å². The summed E-state index contributed by atoms with van der Waals surface area (Å²) >= 11 is 0. The van der Waals surface area contributed by atoms with Crippen molar-refractivity contribution in [1.82, 2.24) is 15.0 Å². The van der Waals surface area contributed by atoms with E-state index in [1.165, 1.54) is 6.07 Å². The van der Waals surface area contributed by atoms with Crippen LogP contribution in [-0.2, 0) is 19.5 Å². The Bertz CT molecular complexity index is 554. The maximum absolute atomic E-state index is 13.6. The first-order valence-corrected chi connectivity index (χ1v) is 6.78. The Kier molecular flexibility index (Phi) is 4.84. The highest BCUT2D eigenvalue weighted by Crippen LogP contribution is 2.11. The summed E-state index contributed by atoms with van der Waals surface area (Å²) in [4.78, 5) is 6.30. The van der Waals surface area contributed by atoms with Crippen LogP contribution in [0.3, 0.4) is 0 Å². The predicted molar refractivity (Wildman–Crippen MR) is 74.4 cm³/mol. The number of aromatic nitrogens is 2. The molecule has 1 aromatic heterocycles. The smallest absolute Gasteiger partial charge is 0.226 e. The lowest BCUT2D eigenvalue weighted by molar-refractivity contribution is 0.295. The molecule has 2 aromatic rings. The second-order valence-electron chi connectivity index (χ2n) is 5.47. The van der Waals surface area contributed by atoms with Gasteiger partial charge in [0.25, 0.3) is 0 Å². The van der Waals surface area contributed by atoms with Gasteiger partial charge < -0.3 is 4.52 Å². The molecule has 0 atom stereocenters. The molecular formula is C15H20FN3O. The molecule has 0 aliphatic rings. The van der Waals surface area contributed by atoms with Gasteiger partial charge in [-0.3, -0.25) is 4.90 Å². The molecule has 5 heteroatoms. The largest absolute Gasteiger partial charge is 0.339 e. The molecule has 0 saturated carbocycles. The summed E-state index contributed by atoms with van der Waals surface area (Å²) in [5.74, 6) is 1.60. The molecule has 0 N–H and O–H groups in total. The summed E-state index contributed by atoms with van der Waals surface area (Å²) in [6.07, 6.45) is 0.782. The van der Waals surface area contributed by atoms with Crippen LogP contribution in [0.2, 0.25) is 0 Å². The fraction of sp³-hybridized carbons (Fsp3) is 0.467. The minimum absolute atomic E-state index is 0.187. The maximum atomic E-state index is 13.6. The summed E-state index contributed by atoms with van der Waals surface area (Å²) in [5.41, 5.74) is 0.667. The van der Waals surface area contributed by atoms with Crippen molar-refractivity contribution in [2.24, 2.45) is 5.92 Å². The van der Waals surface area contributed by atoms with Crippen molar-refractivity contribution < 1.29 is 8.91 Å². The van der Waals surface area contributed by atoms with E-state index in [0.29, 0.717) is 36.3 Å². The monoisotopic (exact) mass is 277 g/mol. The van der Waals surface area contributed by atoms with E-state index >= 15 is 0 Å². The van der Waals surface area contributed by atoms with Crippen LogP contribution in [0.4, 0.5) is 4.39 Å². The van der Waals surface area contributed by atoms with E-state index in [1.807, 2.05) is 18.0 Å². The van der Waals surface area contributed by atoms with Gasteiger partial charge in [0.05, 0.1) is 6.54 Å². The lowest BCUT2D eigenvalue weighted by atomic mass is 10.1. The van der Waals surface area contributed by atoms with Gasteiger partial charge in [-0.2, -0.15) is 4.98 Å². The lowest BCUT2D eigenvalue weighted by Crippen LogP contribution is -2.18. The Labute approximate surface area is 118 Å². The molecule has 1 aromatic carbocycles. The normalized spacial score (nSPS) is 11.5. The van der Waals surface area contributed by atoms with Gasteiger partial charge in [0.15, 0.2) is 5.82 Å². The van der Waals surface area contributed by atoms with E-state index in [-0.39, 0.29) is 5.82 Å². The molecule has 0 amide bonds. The molecule has 108 valence electrons. The first-order valence-electron chi connectivity index (χ1n) is 6.78. The average Bonchev–Trinajstić information content (AvgIpc) is 2.78. The zero-order valence-electron chi connectivity index (χ0n) is 12.1. The van der Waals surface area contributed by atoms with Gasteiger partial charge in [0, 0.05) is 18.5 Å². The van der Waals surface area contributed by atoms with E-state index in [1.54, 1.807) is 12.1 Å². The first kappa shape index (κ1) is 14.7. The summed E-state index contributed by atoms with van der Waals surface area (Å²) < 4.78 is 18.7. The van der Waals surface area contributed by atoms with Crippen molar-refractivity contribution in [3.8, 4) is 0 Å². The molecule has 0 bridgehead atoms. The zero-order chi connectivity index (χ0) is 14.5. The van der Waals surface area contributed by atoms with E-state index < -0.39 is 0 Å². The minimum Gasteiger partial charge on any atom is -0.339 e. The summed E-state index contributed by atoms with van der Waals surface area (Å²) in [5, 5.41) is 3.95. The molecule has 0 fully saturated rings. The Morgan fingerprint density at radius 1 is 1.25 bits per heavy atom. The molecule has 0 aliphatic carbocycles. The molecule has 0 spiro atoms. The maximum Gasteiger partial charge on any atom is 0.226 e. The van der Waals surface area contributed by atoms with Crippen LogP contribution in [0.15, 0.2) is 28.8 Å². The molecule has 0 aliphatic heterocycles. The van der Waals surface area contributed by atoms with Crippen LogP contribution in [0.5, 0.6) is 0 Å². The van der Waals surface area contributed by atoms with Crippen LogP contribution in [0.1, 0.15) is 31.1 Å². The van der Waals surface area contributed by atoms with Crippen LogP contribution in [0.25, 0.3) is 0 Å². The molecule has 1 heterocycles. The fourth-order valence-electron chi connectivity index (χ4n) is 2.00. The van der Waals surface area contributed by atoms with E-state index in [2.05, 4.69) is 24.0 Å². The Morgan fingerprint density at radius 2 is 2.00 bits per heavy atom. The number of halogens is 1. The molecule has 4 nitrogen and oxygen atoms in total. The second-order valence-corrected chi connectivity index (χ2v) is 5.47. The van der Waals surface area contributed by atoms with Crippen LogP contribution in [-0.4, -0.2) is 22.1 Å². The molecule has 0 saturated heterocycles. The third-order valence-electron chi connectivity index (χ3n) is 2.90. The van der Waals surface area contributed by atoms with Crippen molar-refractivity contribution in [2.45, 2.75) is 33.4 Å². The third-order valence-corrected chi connectivity index (χ3v) is 2.90. The minimum atomic E-state index is -0.187. The lowest BCUT2D eigenvalue weighted by Gasteiger charge is -2.14. The number of rotatable bonds is 6. The molecule has 0 unspecified atom stereocenters. The fourth-order valence-corrected chi connectivity index (χ4v) is 2.00. The van der Waals surface area contributed by atoms with Gasteiger partial charge in [-0.05, 0) is 19.0 Å². The highest BCUT2D eigenvalue weighted by molar-refractivity contribution is 5.17. The predicted octanol–water partition coefficient (Wildman–Crippen LogP) is 3.04. The quantitative estimate of drug-likeness (QED) is 0.814. The summed E-state index contributed by atoms with van der Waals surface area (Å²) in [6, 6.07) is 6.78. The summed E-state index contributed by atoms with van der Waals surface area (Å²) in [7, 11) is 1.91. The van der Waals surface area contributed by atoms with Crippen LogP contribution < -0.4 is 0 Å². The van der Waals surface area contributed by atoms with E-state index in [4.69, 9.17) is 4.52 Å². The molecule has 2 rings (SSSR count). The van der Waals surface area contributed by atoms with Gasteiger partial charge in [-0.1, -0.05) is 37.2 Å². The highest BCUT2D eigenvalue weighted by atomic mass is 19.1. The second kappa shape index (κ2) is 6.61. The number of nitrogens with zero attached hydrogens (tertiary/aromatic N) is 3. The molecular weight excluding hydrogens is 257 g/mol. The first-order chi connectivity index (χ1) is 9.54. The van der Waals surface area contributed by atoms with Gasteiger partial charge in [0.1, 0.15) is 5.82 Å². The standard InChI is InChI=1S/C15H20FN3O/c1-11(2)8-15-17-14(18-20-15)10-19(3)9-12-6-4-5-7-13(12)16/h4-7,11H,8-10H2,1-3H3. The van der Waals surface area contributed by atoms with Crippen LogP contribution >= 0.6 is 0 Å². The average molecular weight is 277 g/mol. The van der Waals surface area contributed by atoms with Gasteiger partial charge >= 0.3 is 0 Å². The highest BCUT2D eigenvalue weighted by Gasteiger charge is 2.11. The number of hydrogen-bond acceptors (Lipinski definition) is 4. The zero-order valence-corrected chi connectivity index (χ0v) is 12.1. The third kappa shape index (κ3) is 4.13. The van der Waals surface area contributed by atoms with Crippen LogP contribution in [0, 0.1) is 11.7 Å². The van der Waals surface area contributed by atoms with Gasteiger partial charge in [0.2, 0.25) is 5.89 Å². The van der Waals surface area contributed by atoms with Crippen molar-refractivity contribution in [3.05, 3.63) is 47.4 Å². The van der Waals surface area contributed by atoms with Gasteiger partial charge in [-0.15, -0.1) is 0 Å². The van der Waals surface area contributed by atoms with E-state index in [0.717, 1.165) is 6.42 Å². The van der Waals surface area contributed by atoms with Crippen molar-refractivity contribution in [3.63, 3.8) is 0 Å². The Morgan fingerprint density at radius 3 is 2.70 bits per heavy atom. The van der Waals surface area contributed by atoms with Crippen molar-refractivity contribution >= 4 is 0 Å². The topological polar surface area (TPSA) is 42.2 Å². The molecule has 20 heavy (non-hydrogen) atoms. The van der Waals surface area contributed by atoms with Gasteiger partial charge in [-0.25, -0.2) is 4.39 Å². The van der Waals surface area contributed by atoms with E-state index in [9.17, 15) is 4.39 Å².